The van der Waals surface area contributed by atoms with Crippen LogP contribution in [0.25, 0.3) is 10.9 Å². The summed E-state index contributed by atoms with van der Waals surface area (Å²) >= 11 is 6.18. The standard InChI is InChI=1S/C17H21ClN2O2/c1-12-11-13-15(6-5-14(18)16(13)19-17(12)21)22-10-9-20-7-3-2-4-8-20/h5-6,11H,2-4,7-10H2,1H3,(H,19,21). The normalized spacial score (nSPS) is 16.1. The third-order valence-electron chi connectivity index (χ3n) is 4.23. The van der Waals surface area contributed by atoms with Crippen LogP contribution < -0.4 is 10.3 Å². The van der Waals surface area contributed by atoms with Crippen LogP contribution in [-0.2, 0) is 0 Å². The monoisotopic (exact) mass is 320 g/mol. The summed E-state index contributed by atoms with van der Waals surface area (Å²) in [5.41, 5.74) is 1.20. The van der Waals surface area contributed by atoms with Gasteiger partial charge >= 0.3 is 0 Å². The Morgan fingerprint density at radius 3 is 2.82 bits per heavy atom. The Bertz CT molecular complexity index is 720. The molecule has 1 N–H and O–H groups in total. The Morgan fingerprint density at radius 2 is 2.05 bits per heavy atom. The van der Waals surface area contributed by atoms with Crippen molar-refractivity contribution in [2.24, 2.45) is 0 Å². The lowest BCUT2D eigenvalue weighted by Gasteiger charge is -2.26. The van der Waals surface area contributed by atoms with E-state index in [1.165, 1.54) is 19.3 Å². The molecule has 0 bridgehead atoms. The van der Waals surface area contributed by atoms with E-state index in [-0.39, 0.29) is 5.56 Å². The van der Waals surface area contributed by atoms with E-state index >= 15 is 0 Å². The molecule has 0 aliphatic carbocycles. The van der Waals surface area contributed by atoms with Crippen molar-refractivity contribution in [1.82, 2.24) is 9.88 Å². The fourth-order valence-electron chi connectivity index (χ4n) is 2.93. The van der Waals surface area contributed by atoms with Crippen LogP contribution >= 0.6 is 11.6 Å². The van der Waals surface area contributed by atoms with Gasteiger partial charge in [-0.15, -0.1) is 0 Å². The Morgan fingerprint density at radius 1 is 1.27 bits per heavy atom. The van der Waals surface area contributed by atoms with Gasteiger partial charge in [-0.1, -0.05) is 18.0 Å². The molecule has 0 unspecified atom stereocenters. The maximum absolute atomic E-state index is 11.8. The molecule has 0 saturated carbocycles. The number of halogens is 1. The van der Waals surface area contributed by atoms with Crippen LogP contribution in [-0.4, -0.2) is 36.1 Å². The van der Waals surface area contributed by atoms with Crippen LogP contribution in [0.1, 0.15) is 24.8 Å². The van der Waals surface area contributed by atoms with E-state index in [4.69, 9.17) is 16.3 Å². The number of fused-ring (bicyclic) bond motifs is 1. The van der Waals surface area contributed by atoms with E-state index in [2.05, 4.69) is 9.88 Å². The van der Waals surface area contributed by atoms with Crippen molar-refractivity contribution in [2.45, 2.75) is 26.2 Å². The van der Waals surface area contributed by atoms with Gasteiger partial charge < -0.3 is 9.72 Å². The maximum Gasteiger partial charge on any atom is 0.251 e. The lowest BCUT2D eigenvalue weighted by atomic mass is 10.1. The Labute approximate surface area is 135 Å². The van der Waals surface area contributed by atoms with E-state index in [1.54, 1.807) is 13.0 Å². The topological polar surface area (TPSA) is 45.3 Å². The quantitative estimate of drug-likeness (QED) is 0.939. The number of H-pyrrole nitrogens is 1. The van der Waals surface area contributed by atoms with Crippen molar-refractivity contribution in [3.63, 3.8) is 0 Å². The minimum atomic E-state index is -0.111. The fourth-order valence-corrected chi connectivity index (χ4v) is 3.14. The molecule has 0 radical (unpaired) electrons. The average Bonchev–Trinajstić information content (AvgIpc) is 2.53. The molecule has 4 nitrogen and oxygen atoms in total. The first-order valence-corrected chi connectivity index (χ1v) is 8.20. The van der Waals surface area contributed by atoms with Crippen LogP contribution in [0.4, 0.5) is 0 Å². The summed E-state index contributed by atoms with van der Waals surface area (Å²) in [4.78, 5) is 17.0. The van der Waals surface area contributed by atoms with Gasteiger partial charge in [0.05, 0.1) is 10.5 Å². The molecule has 2 heterocycles. The highest BCUT2D eigenvalue weighted by molar-refractivity contribution is 6.35. The molecule has 0 atom stereocenters. The number of ether oxygens (including phenoxy) is 1. The van der Waals surface area contributed by atoms with Gasteiger partial charge in [0.2, 0.25) is 0 Å². The summed E-state index contributed by atoms with van der Waals surface area (Å²) in [5, 5.41) is 1.40. The van der Waals surface area contributed by atoms with Crippen LogP contribution in [0, 0.1) is 6.92 Å². The van der Waals surface area contributed by atoms with E-state index < -0.39 is 0 Å². The molecule has 5 heteroatoms. The minimum absolute atomic E-state index is 0.111. The van der Waals surface area contributed by atoms with Gasteiger partial charge in [-0.3, -0.25) is 9.69 Å². The predicted molar refractivity (Wildman–Crippen MR) is 90.1 cm³/mol. The molecule has 1 fully saturated rings. The van der Waals surface area contributed by atoms with Gasteiger partial charge in [-0.2, -0.15) is 0 Å². The molecular formula is C17H21ClN2O2. The molecule has 118 valence electrons. The third-order valence-corrected chi connectivity index (χ3v) is 4.54. The highest BCUT2D eigenvalue weighted by Gasteiger charge is 2.11. The highest BCUT2D eigenvalue weighted by atomic mass is 35.5. The zero-order valence-electron chi connectivity index (χ0n) is 12.8. The molecule has 0 amide bonds. The Kier molecular flexibility index (Phi) is 4.69. The van der Waals surface area contributed by atoms with Crippen molar-refractivity contribution in [3.8, 4) is 5.75 Å². The van der Waals surface area contributed by atoms with Gasteiger partial charge in [0.25, 0.3) is 5.56 Å². The summed E-state index contributed by atoms with van der Waals surface area (Å²) in [7, 11) is 0. The number of aromatic amines is 1. The van der Waals surface area contributed by atoms with Gasteiger partial charge in [0.1, 0.15) is 12.4 Å². The Balaban J connectivity index is 1.77. The van der Waals surface area contributed by atoms with Crippen molar-refractivity contribution >= 4 is 22.5 Å². The first kappa shape index (κ1) is 15.4. The van der Waals surface area contributed by atoms with Crippen molar-refractivity contribution in [1.29, 1.82) is 0 Å². The molecule has 22 heavy (non-hydrogen) atoms. The third kappa shape index (κ3) is 3.28. The number of benzene rings is 1. The summed E-state index contributed by atoms with van der Waals surface area (Å²) in [6, 6.07) is 5.49. The summed E-state index contributed by atoms with van der Waals surface area (Å²) in [6.45, 7) is 5.70. The molecule has 3 rings (SSSR count). The van der Waals surface area contributed by atoms with E-state index in [9.17, 15) is 4.79 Å². The number of aryl methyl sites for hydroxylation is 1. The second-order valence-electron chi connectivity index (χ2n) is 5.87. The molecular weight excluding hydrogens is 300 g/mol. The van der Waals surface area contributed by atoms with Gasteiger partial charge in [0.15, 0.2) is 0 Å². The number of pyridine rings is 1. The fraction of sp³-hybridized carbons (Fsp3) is 0.471. The first-order valence-electron chi connectivity index (χ1n) is 7.82. The first-order chi connectivity index (χ1) is 10.6. The summed E-state index contributed by atoms with van der Waals surface area (Å²) in [5.74, 6) is 0.774. The SMILES string of the molecule is Cc1cc2c(OCCN3CCCCC3)ccc(Cl)c2[nH]c1=O. The van der Waals surface area contributed by atoms with Crippen LogP contribution in [0.2, 0.25) is 5.02 Å². The second kappa shape index (κ2) is 6.71. The average molecular weight is 321 g/mol. The van der Waals surface area contributed by atoms with Crippen LogP contribution in [0.15, 0.2) is 23.0 Å². The number of likely N-dealkylation sites (tertiary alicyclic amines) is 1. The summed E-state index contributed by atoms with van der Waals surface area (Å²) < 4.78 is 5.95. The molecule has 1 aromatic heterocycles. The van der Waals surface area contributed by atoms with Crippen molar-refractivity contribution in [3.05, 3.63) is 39.1 Å². The number of hydrogen-bond donors (Lipinski definition) is 1. The lowest BCUT2D eigenvalue weighted by molar-refractivity contribution is 0.184. The number of piperidine rings is 1. The molecule has 0 spiro atoms. The van der Waals surface area contributed by atoms with Gasteiger partial charge in [0, 0.05) is 17.5 Å². The molecule has 1 aliphatic rings. The Hall–Kier alpha value is -1.52. The molecule has 2 aromatic rings. The molecule has 1 aliphatic heterocycles. The molecule has 1 aromatic carbocycles. The highest BCUT2D eigenvalue weighted by Crippen LogP contribution is 2.29. The number of aromatic nitrogens is 1. The molecule has 1 saturated heterocycles. The van der Waals surface area contributed by atoms with Gasteiger partial charge in [-0.05, 0) is 51.1 Å². The van der Waals surface area contributed by atoms with E-state index in [1.807, 2.05) is 12.1 Å². The smallest absolute Gasteiger partial charge is 0.251 e. The number of nitrogens with one attached hydrogen (secondary N) is 1. The predicted octanol–water partition coefficient (Wildman–Crippen LogP) is 3.35. The summed E-state index contributed by atoms with van der Waals surface area (Å²) in [6.07, 6.45) is 3.90. The zero-order chi connectivity index (χ0) is 15.5. The van der Waals surface area contributed by atoms with Crippen molar-refractivity contribution < 1.29 is 4.74 Å². The maximum atomic E-state index is 11.8. The number of rotatable bonds is 4. The van der Waals surface area contributed by atoms with E-state index in [0.29, 0.717) is 22.7 Å². The lowest BCUT2D eigenvalue weighted by Crippen LogP contribution is -2.33. The minimum Gasteiger partial charge on any atom is -0.492 e. The number of hydrogen-bond acceptors (Lipinski definition) is 3. The second-order valence-corrected chi connectivity index (χ2v) is 6.27. The van der Waals surface area contributed by atoms with Gasteiger partial charge in [-0.25, -0.2) is 0 Å². The largest absolute Gasteiger partial charge is 0.492 e. The van der Waals surface area contributed by atoms with Crippen LogP contribution in [0.5, 0.6) is 5.75 Å². The zero-order valence-corrected chi connectivity index (χ0v) is 13.6. The number of nitrogens with zero attached hydrogens (tertiary/aromatic N) is 1. The van der Waals surface area contributed by atoms with E-state index in [0.717, 1.165) is 30.8 Å². The van der Waals surface area contributed by atoms with Crippen LogP contribution in [0.3, 0.4) is 0 Å². The van der Waals surface area contributed by atoms with Crippen molar-refractivity contribution in [2.75, 3.05) is 26.2 Å².